The average molecular weight is 325 g/mol. The molecule has 6 heteroatoms. The van der Waals surface area contributed by atoms with E-state index in [0.29, 0.717) is 24.3 Å². The minimum Gasteiger partial charge on any atom is -0.467 e. The monoisotopic (exact) mass is 325 g/mol. The van der Waals surface area contributed by atoms with Crippen molar-refractivity contribution in [2.24, 2.45) is 7.05 Å². The van der Waals surface area contributed by atoms with Crippen LogP contribution in [0.25, 0.3) is 0 Å². The Kier molecular flexibility index (Phi) is 4.31. The molecule has 0 aliphatic rings. The van der Waals surface area contributed by atoms with E-state index < -0.39 is 0 Å². The molecule has 0 aliphatic carbocycles. The molecule has 116 valence electrons. The standard InChI is InChI=1S/C17H15N3O2S/c1-19-10-13(9-18)8-16(19)17(21)20(11-14-4-2-6-22-14)12-15-5-3-7-23-15/h2-8,10H,11-12H2,1H3. The van der Waals surface area contributed by atoms with Gasteiger partial charge in [-0.3, -0.25) is 4.79 Å². The number of aryl methyl sites for hydroxylation is 1. The highest BCUT2D eigenvalue weighted by atomic mass is 32.1. The second-order valence-electron chi connectivity index (χ2n) is 5.16. The highest BCUT2D eigenvalue weighted by molar-refractivity contribution is 7.09. The van der Waals surface area contributed by atoms with Crippen molar-refractivity contribution in [2.45, 2.75) is 13.1 Å². The molecule has 0 unspecified atom stereocenters. The largest absolute Gasteiger partial charge is 0.467 e. The summed E-state index contributed by atoms with van der Waals surface area (Å²) in [4.78, 5) is 15.7. The number of thiophene rings is 1. The molecule has 0 N–H and O–H groups in total. The maximum Gasteiger partial charge on any atom is 0.271 e. The molecule has 0 spiro atoms. The van der Waals surface area contributed by atoms with Gasteiger partial charge in [-0.25, -0.2) is 0 Å². The lowest BCUT2D eigenvalue weighted by Crippen LogP contribution is -2.31. The Morgan fingerprint density at radius 1 is 1.39 bits per heavy atom. The molecular formula is C17H15N3O2S. The van der Waals surface area contributed by atoms with E-state index in [1.807, 2.05) is 23.6 Å². The van der Waals surface area contributed by atoms with Crippen molar-refractivity contribution in [1.82, 2.24) is 9.47 Å². The zero-order valence-corrected chi connectivity index (χ0v) is 13.4. The zero-order chi connectivity index (χ0) is 16.2. The van der Waals surface area contributed by atoms with Crippen molar-refractivity contribution in [2.75, 3.05) is 0 Å². The van der Waals surface area contributed by atoms with Gasteiger partial charge >= 0.3 is 0 Å². The maximum absolute atomic E-state index is 12.9. The molecule has 3 aromatic rings. The topological polar surface area (TPSA) is 62.2 Å². The molecule has 0 fully saturated rings. The molecule has 5 nitrogen and oxygen atoms in total. The van der Waals surface area contributed by atoms with Gasteiger partial charge in [-0.1, -0.05) is 6.07 Å². The number of rotatable bonds is 5. The van der Waals surface area contributed by atoms with E-state index in [9.17, 15) is 4.79 Å². The summed E-state index contributed by atoms with van der Waals surface area (Å²) in [7, 11) is 1.77. The normalized spacial score (nSPS) is 10.4. The predicted molar refractivity (Wildman–Crippen MR) is 86.7 cm³/mol. The van der Waals surface area contributed by atoms with Crippen molar-refractivity contribution in [3.05, 3.63) is 70.1 Å². The van der Waals surface area contributed by atoms with Crippen LogP contribution in [0.1, 0.15) is 26.7 Å². The van der Waals surface area contributed by atoms with E-state index in [1.54, 1.807) is 52.4 Å². The number of aromatic nitrogens is 1. The third-order valence-electron chi connectivity index (χ3n) is 3.49. The molecule has 0 bridgehead atoms. The Morgan fingerprint density at radius 3 is 2.87 bits per heavy atom. The van der Waals surface area contributed by atoms with Gasteiger partial charge in [0.25, 0.3) is 5.91 Å². The Morgan fingerprint density at radius 2 is 2.26 bits per heavy atom. The number of carbonyl (C=O) groups excluding carboxylic acids is 1. The van der Waals surface area contributed by atoms with Crippen LogP contribution >= 0.6 is 11.3 Å². The molecular weight excluding hydrogens is 310 g/mol. The van der Waals surface area contributed by atoms with Crippen LogP contribution < -0.4 is 0 Å². The van der Waals surface area contributed by atoms with Crippen molar-refractivity contribution < 1.29 is 9.21 Å². The first-order chi connectivity index (χ1) is 11.2. The summed E-state index contributed by atoms with van der Waals surface area (Å²) in [5.41, 5.74) is 0.967. The molecule has 3 heterocycles. The molecule has 1 amide bonds. The smallest absolute Gasteiger partial charge is 0.271 e. The van der Waals surface area contributed by atoms with Gasteiger partial charge in [0.2, 0.25) is 0 Å². The lowest BCUT2D eigenvalue weighted by molar-refractivity contribution is 0.0710. The lowest BCUT2D eigenvalue weighted by atomic mass is 10.2. The van der Waals surface area contributed by atoms with Crippen LogP contribution in [0.2, 0.25) is 0 Å². The summed E-state index contributed by atoms with van der Waals surface area (Å²) in [6.45, 7) is 0.890. The van der Waals surface area contributed by atoms with E-state index >= 15 is 0 Å². The van der Waals surface area contributed by atoms with Crippen molar-refractivity contribution in [3.63, 3.8) is 0 Å². The number of furan rings is 1. The molecule has 0 radical (unpaired) electrons. The number of nitriles is 1. The van der Waals surface area contributed by atoms with E-state index in [4.69, 9.17) is 9.68 Å². The molecule has 0 saturated heterocycles. The first-order valence-corrected chi connectivity index (χ1v) is 7.96. The van der Waals surface area contributed by atoms with Gasteiger partial charge < -0.3 is 13.9 Å². The van der Waals surface area contributed by atoms with Crippen molar-refractivity contribution >= 4 is 17.2 Å². The summed E-state index contributed by atoms with van der Waals surface area (Å²) in [5, 5.41) is 11.0. The second-order valence-corrected chi connectivity index (χ2v) is 6.19. The minimum absolute atomic E-state index is 0.126. The average Bonchev–Trinajstić information content (AvgIpc) is 3.27. The van der Waals surface area contributed by atoms with E-state index in [0.717, 1.165) is 10.6 Å². The van der Waals surface area contributed by atoms with Crippen LogP contribution in [0.5, 0.6) is 0 Å². The Hall–Kier alpha value is -2.78. The van der Waals surface area contributed by atoms with Gasteiger partial charge in [0.15, 0.2) is 0 Å². The summed E-state index contributed by atoms with van der Waals surface area (Å²) in [6, 6.07) is 11.3. The highest BCUT2D eigenvalue weighted by Gasteiger charge is 2.21. The van der Waals surface area contributed by atoms with Gasteiger partial charge in [0.05, 0.1) is 24.9 Å². The summed E-state index contributed by atoms with van der Waals surface area (Å²) in [5.74, 6) is 0.600. The predicted octanol–water partition coefficient (Wildman–Crippen LogP) is 3.39. The van der Waals surface area contributed by atoms with Crippen LogP contribution in [0.15, 0.2) is 52.6 Å². The van der Waals surface area contributed by atoms with Crippen molar-refractivity contribution in [3.8, 4) is 6.07 Å². The second kappa shape index (κ2) is 6.55. The molecule has 23 heavy (non-hydrogen) atoms. The van der Waals surface area contributed by atoms with Crippen LogP contribution in [0.3, 0.4) is 0 Å². The summed E-state index contributed by atoms with van der Waals surface area (Å²) >= 11 is 1.61. The minimum atomic E-state index is -0.126. The highest BCUT2D eigenvalue weighted by Crippen LogP contribution is 2.18. The molecule has 0 aliphatic heterocycles. The fraction of sp³-hybridized carbons (Fsp3) is 0.176. The summed E-state index contributed by atoms with van der Waals surface area (Å²) in [6.07, 6.45) is 3.25. The zero-order valence-electron chi connectivity index (χ0n) is 12.6. The van der Waals surface area contributed by atoms with E-state index in [2.05, 4.69) is 6.07 Å². The first kappa shape index (κ1) is 15.1. The van der Waals surface area contributed by atoms with Crippen LogP contribution in [-0.4, -0.2) is 15.4 Å². The van der Waals surface area contributed by atoms with Gasteiger partial charge in [0.1, 0.15) is 17.5 Å². The van der Waals surface area contributed by atoms with Gasteiger partial charge in [-0.2, -0.15) is 5.26 Å². The van der Waals surface area contributed by atoms with Gasteiger partial charge in [0, 0.05) is 18.1 Å². The SMILES string of the molecule is Cn1cc(C#N)cc1C(=O)N(Cc1ccco1)Cc1cccs1. The first-order valence-electron chi connectivity index (χ1n) is 7.08. The maximum atomic E-state index is 12.9. The quantitative estimate of drug-likeness (QED) is 0.722. The van der Waals surface area contributed by atoms with Gasteiger partial charge in [-0.15, -0.1) is 11.3 Å². The van der Waals surface area contributed by atoms with Gasteiger partial charge in [-0.05, 0) is 29.6 Å². The van der Waals surface area contributed by atoms with E-state index in [1.165, 1.54) is 0 Å². The number of carbonyl (C=O) groups is 1. The number of hydrogen-bond donors (Lipinski definition) is 0. The van der Waals surface area contributed by atoms with Crippen LogP contribution in [-0.2, 0) is 20.1 Å². The number of amides is 1. The number of nitrogens with zero attached hydrogens (tertiary/aromatic N) is 3. The summed E-state index contributed by atoms with van der Waals surface area (Å²) < 4.78 is 7.06. The van der Waals surface area contributed by atoms with E-state index in [-0.39, 0.29) is 5.91 Å². The third-order valence-corrected chi connectivity index (χ3v) is 4.36. The van der Waals surface area contributed by atoms with Crippen LogP contribution in [0, 0.1) is 11.3 Å². The van der Waals surface area contributed by atoms with Crippen molar-refractivity contribution in [1.29, 1.82) is 5.26 Å². The fourth-order valence-corrected chi connectivity index (χ4v) is 3.10. The Balaban J connectivity index is 1.88. The Labute approximate surface area is 138 Å². The number of hydrogen-bond acceptors (Lipinski definition) is 4. The lowest BCUT2D eigenvalue weighted by Gasteiger charge is -2.21. The molecule has 0 atom stereocenters. The molecule has 0 aromatic carbocycles. The molecule has 3 aromatic heterocycles. The third kappa shape index (κ3) is 3.35. The Bertz CT molecular complexity index is 790. The van der Waals surface area contributed by atoms with Crippen LogP contribution in [0.4, 0.5) is 0 Å². The molecule has 0 saturated carbocycles. The fourth-order valence-electron chi connectivity index (χ4n) is 2.38. The molecule has 3 rings (SSSR count).